The predicted octanol–water partition coefficient (Wildman–Crippen LogP) is 3.47. The van der Waals surface area contributed by atoms with Crippen LogP contribution in [0, 0.1) is 17.2 Å². The molecule has 2 aromatic rings. The van der Waals surface area contributed by atoms with E-state index >= 15 is 0 Å². The van der Waals surface area contributed by atoms with Crippen LogP contribution in [-0.2, 0) is 11.2 Å². The average molecular weight is 300 g/mol. The second-order valence-electron chi connectivity index (χ2n) is 4.42. The smallest absolute Gasteiger partial charge is 0.242 e. The fourth-order valence-corrected chi connectivity index (χ4v) is 2.64. The molecule has 5 heteroatoms. The van der Waals surface area contributed by atoms with E-state index in [1.807, 2.05) is 30.5 Å². The summed E-state index contributed by atoms with van der Waals surface area (Å²) in [7, 11) is 0. The maximum absolute atomic E-state index is 12.2. The summed E-state index contributed by atoms with van der Waals surface area (Å²) in [5.41, 5.74) is 0.636. The van der Waals surface area contributed by atoms with Crippen molar-refractivity contribution < 1.29 is 9.53 Å². The quantitative estimate of drug-likeness (QED) is 0.888. The molecule has 0 bridgehead atoms. The fourth-order valence-electron chi connectivity index (χ4n) is 1.89. The van der Waals surface area contributed by atoms with Crippen LogP contribution >= 0.6 is 11.3 Å². The van der Waals surface area contributed by atoms with Crippen LogP contribution in [0.2, 0.25) is 0 Å². The van der Waals surface area contributed by atoms with Crippen molar-refractivity contribution in [3.63, 3.8) is 0 Å². The zero-order chi connectivity index (χ0) is 15.1. The van der Waals surface area contributed by atoms with Crippen molar-refractivity contribution in [1.82, 2.24) is 0 Å². The summed E-state index contributed by atoms with van der Waals surface area (Å²) < 4.78 is 5.39. The molecule has 0 radical (unpaired) electrons. The number of anilines is 1. The molecule has 0 saturated carbocycles. The maximum Gasteiger partial charge on any atom is 0.242 e. The van der Waals surface area contributed by atoms with Crippen molar-refractivity contribution >= 4 is 22.9 Å². The lowest BCUT2D eigenvalue weighted by Crippen LogP contribution is -2.23. The molecular weight excluding hydrogens is 284 g/mol. The van der Waals surface area contributed by atoms with Crippen LogP contribution in [0.5, 0.6) is 5.75 Å². The van der Waals surface area contributed by atoms with Gasteiger partial charge in [-0.25, -0.2) is 0 Å². The molecule has 0 aliphatic heterocycles. The Morgan fingerprint density at radius 2 is 2.29 bits per heavy atom. The molecule has 108 valence electrons. The topological polar surface area (TPSA) is 62.1 Å². The molecule has 21 heavy (non-hydrogen) atoms. The third kappa shape index (κ3) is 4.33. The molecular formula is C16H16N2O2S. The van der Waals surface area contributed by atoms with Crippen LogP contribution in [0.4, 0.5) is 5.69 Å². The molecule has 1 heterocycles. The van der Waals surface area contributed by atoms with Crippen LogP contribution < -0.4 is 10.1 Å². The van der Waals surface area contributed by atoms with Crippen LogP contribution in [0.3, 0.4) is 0 Å². The van der Waals surface area contributed by atoms with Gasteiger partial charge in [-0.05, 0) is 30.5 Å². The second-order valence-corrected chi connectivity index (χ2v) is 5.45. The van der Waals surface area contributed by atoms with E-state index in [-0.39, 0.29) is 5.91 Å². The van der Waals surface area contributed by atoms with Gasteiger partial charge in [0.25, 0.3) is 0 Å². The first-order chi connectivity index (χ1) is 10.2. The van der Waals surface area contributed by atoms with E-state index in [1.165, 1.54) is 0 Å². The van der Waals surface area contributed by atoms with Gasteiger partial charge in [0, 0.05) is 23.1 Å². The van der Waals surface area contributed by atoms with Crippen molar-refractivity contribution in [1.29, 1.82) is 5.26 Å². The van der Waals surface area contributed by atoms with Gasteiger partial charge in [-0.3, -0.25) is 4.79 Å². The molecule has 0 fully saturated rings. The Hall–Kier alpha value is -2.32. The van der Waals surface area contributed by atoms with E-state index in [9.17, 15) is 10.1 Å². The molecule has 0 aliphatic carbocycles. The number of ether oxygens (including phenoxy) is 1. The van der Waals surface area contributed by atoms with Gasteiger partial charge in [0.1, 0.15) is 11.7 Å². The SMILES string of the molecule is CCOc1cccc(NC(=O)[C@@H](C#N)Cc2cccs2)c1. The number of hydrogen-bond acceptors (Lipinski definition) is 4. The Morgan fingerprint density at radius 3 is 2.95 bits per heavy atom. The molecule has 1 N–H and O–H groups in total. The van der Waals surface area contributed by atoms with Gasteiger partial charge in [-0.15, -0.1) is 11.3 Å². The first-order valence-electron chi connectivity index (χ1n) is 6.68. The lowest BCUT2D eigenvalue weighted by molar-refractivity contribution is -0.118. The highest BCUT2D eigenvalue weighted by molar-refractivity contribution is 7.09. The molecule has 1 aromatic heterocycles. The Labute approximate surface area is 128 Å². The van der Waals surface area contributed by atoms with E-state index in [1.54, 1.807) is 29.5 Å². The summed E-state index contributed by atoms with van der Waals surface area (Å²) in [6.07, 6.45) is 0.436. The summed E-state index contributed by atoms with van der Waals surface area (Å²) in [6.45, 7) is 2.47. The summed E-state index contributed by atoms with van der Waals surface area (Å²) in [6, 6.07) is 13.1. The molecule has 0 aliphatic rings. The lowest BCUT2D eigenvalue weighted by Gasteiger charge is -2.10. The number of nitriles is 1. The number of benzene rings is 1. The molecule has 1 atom stereocenters. The van der Waals surface area contributed by atoms with Gasteiger partial charge in [0.2, 0.25) is 5.91 Å². The first-order valence-corrected chi connectivity index (χ1v) is 7.56. The maximum atomic E-state index is 12.2. The lowest BCUT2D eigenvalue weighted by atomic mass is 10.1. The number of carbonyl (C=O) groups excluding carboxylic acids is 1. The first kappa shape index (κ1) is 15.1. The second kappa shape index (κ2) is 7.46. The molecule has 0 unspecified atom stereocenters. The van der Waals surface area contributed by atoms with Crippen LogP contribution in [0.25, 0.3) is 0 Å². The number of amides is 1. The van der Waals surface area contributed by atoms with Gasteiger partial charge in [0.05, 0.1) is 12.7 Å². The van der Waals surface area contributed by atoms with E-state index in [0.29, 0.717) is 24.5 Å². The van der Waals surface area contributed by atoms with Crippen LogP contribution in [0.15, 0.2) is 41.8 Å². The van der Waals surface area contributed by atoms with Gasteiger partial charge in [0.15, 0.2) is 0 Å². The standard InChI is InChI=1S/C16H16N2O2S/c1-2-20-14-6-3-5-13(10-14)18-16(19)12(11-17)9-15-7-4-8-21-15/h3-8,10,12H,2,9H2,1H3,(H,18,19)/t12-/m1/s1. The minimum absolute atomic E-state index is 0.292. The van der Waals surface area contributed by atoms with Crippen molar-refractivity contribution in [2.75, 3.05) is 11.9 Å². The van der Waals surface area contributed by atoms with Gasteiger partial charge in [-0.1, -0.05) is 12.1 Å². The number of nitrogens with one attached hydrogen (secondary N) is 1. The van der Waals surface area contributed by atoms with E-state index in [2.05, 4.69) is 11.4 Å². The normalized spacial score (nSPS) is 11.4. The number of carbonyl (C=O) groups is 1. The van der Waals surface area contributed by atoms with Gasteiger partial charge < -0.3 is 10.1 Å². The summed E-state index contributed by atoms with van der Waals surface area (Å²) in [4.78, 5) is 13.2. The number of nitrogens with zero attached hydrogens (tertiary/aromatic N) is 1. The van der Waals surface area contributed by atoms with Crippen LogP contribution in [-0.4, -0.2) is 12.5 Å². The summed E-state index contributed by atoms with van der Waals surface area (Å²) >= 11 is 1.55. The Balaban J connectivity index is 2.02. The zero-order valence-corrected chi connectivity index (χ0v) is 12.5. The predicted molar refractivity (Wildman–Crippen MR) is 83.4 cm³/mol. The highest BCUT2D eigenvalue weighted by Crippen LogP contribution is 2.19. The molecule has 0 spiro atoms. The monoisotopic (exact) mass is 300 g/mol. The third-order valence-electron chi connectivity index (χ3n) is 2.87. The molecule has 2 rings (SSSR count). The Kier molecular flexibility index (Phi) is 5.35. The minimum Gasteiger partial charge on any atom is -0.494 e. The van der Waals surface area contributed by atoms with Crippen molar-refractivity contribution in [2.24, 2.45) is 5.92 Å². The minimum atomic E-state index is -0.695. The largest absolute Gasteiger partial charge is 0.494 e. The van der Waals surface area contributed by atoms with E-state index < -0.39 is 5.92 Å². The zero-order valence-electron chi connectivity index (χ0n) is 11.7. The van der Waals surface area contributed by atoms with Gasteiger partial charge >= 0.3 is 0 Å². The Bertz CT molecular complexity index is 632. The third-order valence-corrected chi connectivity index (χ3v) is 3.77. The van der Waals surface area contributed by atoms with Crippen molar-refractivity contribution in [3.8, 4) is 11.8 Å². The van der Waals surface area contributed by atoms with Crippen molar-refractivity contribution in [2.45, 2.75) is 13.3 Å². The fraction of sp³-hybridized carbons (Fsp3) is 0.250. The molecule has 0 saturated heterocycles. The molecule has 1 aromatic carbocycles. The summed E-state index contributed by atoms with van der Waals surface area (Å²) in [5.74, 6) is -0.291. The number of thiophene rings is 1. The van der Waals surface area contributed by atoms with E-state index in [4.69, 9.17) is 4.74 Å². The highest BCUT2D eigenvalue weighted by Gasteiger charge is 2.19. The number of hydrogen-bond donors (Lipinski definition) is 1. The summed E-state index contributed by atoms with van der Waals surface area (Å²) in [5, 5.41) is 13.9. The van der Waals surface area contributed by atoms with Crippen LogP contribution in [0.1, 0.15) is 11.8 Å². The Morgan fingerprint density at radius 1 is 1.43 bits per heavy atom. The van der Waals surface area contributed by atoms with Gasteiger partial charge in [-0.2, -0.15) is 5.26 Å². The highest BCUT2D eigenvalue weighted by atomic mass is 32.1. The molecule has 4 nitrogen and oxygen atoms in total. The molecule has 1 amide bonds. The average Bonchev–Trinajstić information content (AvgIpc) is 2.98. The van der Waals surface area contributed by atoms with E-state index in [0.717, 1.165) is 4.88 Å². The number of rotatable bonds is 6. The van der Waals surface area contributed by atoms with Crippen molar-refractivity contribution in [3.05, 3.63) is 46.7 Å².